The fourth-order valence-electron chi connectivity index (χ4n) is 4.74. The predicted octanol–water partition coefficient (Wildman–Crippen LogP) is -1.36. The molecular formula is C19H30O9. The maximum atomic E-state index is 11.5. The first-order valence-electron chi connectivity index (χ1n) is 9.44. The number of rotatable bonds is 5. The molecule has 9 unspecified atom stereocenters. The van der Waals surface area contributed by atoms with Crippen LogP contribution >= 0.6 is 0 Å². The Morgan fingerprint density at radius 1 is 1.14 bits per heavy atom. The highest BCUT2D eigenvalue weighted by atomic mass is 16.7. The third-order valence-corrected chi connectivity index (χ3v) is 6.37. The minimum Gasteiger partial charge on any atom is -0.394 e. The van der Waals surface area contributed by atoms with Crippen LogP contribution < -0.4 is 0 Å². The van der Waals surface area contributed by atoms with Crippen LogP contribution in [0.2, 0.25) is 0 Å². The zero-order valence-corrected chi connectivity index (χ0v) is 16.5. The van der Waals surface area contributed by atoms with Gasteiger partial charge in [-0.05, 0) is 32.4 Å². The normalized spacial score (nSPS) is 50.4. The van der Waals surface area contributed by atoms with Crippen LogP contribution in [0.5, 0.6) is 0 Å². The zero-order chi connectivity index (χ0) is 21.1. The molecular weight excluding hydrogens is 372 g/mol. The second kappa shape index (κ2) is 7.10. The summed E-state index contributed by atoms with van der Waals surface area (Å²) in [5.41, 5.74) is -2.36. The Morgan fingerprint density at radius 2 is 1.79 bits per heavy atom. The fourth-order valence-corrected chi connectivity index (χ4v) is 4.74. The first-order valence-corrected chi connectivity index (χ1v) is 9.44. The Kier molecular flexibility index (Phi) is 5.53. The summed E-state index contributed by atoms with van der Waals surface area (Å²) in [5, 5.41) is 50.2. The summed E-state index contributed by atoms with van der Waals surface area (Å²) in [6, 6.07) is 0. The maximum Gasteiger partial charge on any atom is 0.187 e. The molecule has 0 aromatic carbocycles. The lowest BCUT2D eigenvalue weighted by Gasteiger charge is -2.46. The van der Waals surface area contributed by atoms with Gasteiger partial charge in [-0.25, -0.2) is 0 Å². The van der Waals surface area contributed by atoms with Gasteiger partial charge in [-0.2, -0.15) is 0 Å². The minimum atomic E-state index is -1.58. The van der Waals surface area contributed by atoms with Crippen molar-refractivity contribution in [1.29, 1.82) is 0 Å². The van der Waals surface area contributed by atoms with Gasteiger partial charge >= 0.3 is 0 Å². The molecule has 2 heterocycles. The Hall–Kier alpha value is -0.910. The predicted molar refractivity (Wildman–Crippen MR) is 95.1 cm³/mol. The molecule has 9 nitrogen and oxygen atoms in total. The molecule has 2 saturated heterocycles. The lowest BCUT2D eigenvalue weighted by molar-refractivity contribution is -0.323. The van der Waals surface area contributed by atoms with Gasteiger partial charge in [0.1, 0.15) is 41.7 Å². The average molecular weight is 402 g/mol. The monoisotopic (exact) mass is 402 g/mol. The van der Waals surface area contributed by atoms with Gasteiger partial charge in [0.15, 0.2) is 12.1 Å². The van der Waals surface area contributed by atoms with Crippen molar-refractivity contribution in [1.82, 2.24) is 0 Å². The quantitative estimate of drug-likeness (QED) is 0.277. The molecule has 3 rings (SSSR count). The summed E-state index contributed by atoms with van der Waals surface area (Å²) < 4.78 is 17.3. The van der Waals surface area contributed by atoms with Crippen LogP contribution in [0.25, 0.3) is 0 Å². The number of aliphatic hydroxyl groups excluding tert-OH is 5. The van der Waals surface area contributed by atoms with Crippen LogP contribution in [0.15, 0.2) is 12.2 Å². The van der Waals surface area contributed by atoms with E-state index in [9.17, 15) is 30.3 Å². The summed E-state index contributed by atoms with van der Waals surface area (Å²) >= 11 is 0. The number of carbonyl (C=O) groups is 1. The summed E-state index contributed by atoms with van der Waals surface area (Å²) in [5.74, 6) is -0.138. The van der Waals surface area contributed by atoms with Crippen molar-refractivity contribution in [2.75, 3.05) is 6.61 Å². The Morgan fingerprint density at radius 3 is 2.36 bits per heavy atom. The van der Waals surface area contributed by atoms with Crippen LogP contribution in [0.1, 0.15) is 34.1 Å². The van der Waals surface area contributed by atoms with Crippen molar-refractivity contribution in [2.45, 2.75) is 88.2 Å². The molecule has 3 fully saturated rings. The molecule has 1 saturated carbocycles. The summed E-state index contributed by atoms with van der Waals surface area (Å²) in [7, 11) is 0. The molecule has 160 valence electrons. The number of ether oxygens (including phenoxy) is 3. The van der Waals surface area contributed by atoms with E-state index in [0.29, 0.717) is 6.42 Å². The molecule has 3 aliphatic rings. The Balaban J connectivity index is 1.85. The molecule has 0 aromatic rings. The van der Waals surface area contributed by atoms with Gasteiger partial charge in [-0.15, -0.1) is 0 Å². The number of hydrogen-bond acceptors (Lipinski definition) is 9. The van der Waals surface area contributed by atoms with E-state index in [1.54, 1.807) is 13.0 Å². The number of ketones is 1. The molecule has 0 spiro atoms. The molecule has 9 atom stereocenters. The number of aliphatic hydroxyl groups is 5. The van der Waals surface area contributed by atoms with Crippen molar-refractivity contribution < 1.29 is 44.5 Å². The smallest absolute Gasteiger partial charge is 0.187 e. The lowest BCUT2D eigenvalue weighted by Crippen LogP contribution is -2.63. The van der Waals surface area contributed by atoms with Crippen LogP contribution in [-0.2, 0) is 19.0 Å². The molecule has 0 radical (unpaired) electrons. The van der Waals surface area contributed by atoms with Crippen LogP contribution in [0, 0.1) is 5.41 Å². The highest BCUT2D eigenvalue weighted by Crippen LogP contribution is 2.66. The lowest BCUT2D eigenvalue weighted by atomic mass is 9.62. The van der Waals surface area contributed by atoms with Crippen molar-refractivity contribution in [3.8, 4) is 0 Å². The molecule has 2 aliphatic heterocycles. The standard InChI is InChI=1S/C19H30O9/c1-9(21)5-6-19-17(2,3)7-10(22)15(18(19,4)28-19)27-16-14(25)13(24)12(23)11(8-20)26-16/h5-6,10-16,20,22-25H,7-8H2,1-4H3. The van der Waals surface area contributed by atoms with E-state index in [4.69, 9.17) is 14.2 Å². The number of carbonyl (C=O) groups excluding carboxylic acids is 1. The van der Waals surface area contributed by atoms with Crippen molar-refractivity contribution in [3.05, 3.63) is 12.2 Å². The topological polar surface area (TPSA) is 149 Å². The Bertz CT molecular complexity index is 647. The minimum absolute atomic E-state index is 0.138. The molecule has 28 heavy (non-hydrogen) atoms. The number of allylic oxidation sites excluding steroid dienone is 1. The van der Waals surface area contributed by atoms with Gasteiger partial charge in [0.25, 0.3) is 0 Å². The summed E-state index contributed by atoms with van der Waals surface area (Å²) in [6.07, 6.45) is -5.64. The SMILES string of the molecule is CC(=O)C=CC12OC1(C)C(OC1OC(CO)C(O)C(O)C1O)C(O)CC2(C)C. The van der Waals surface area contributed by atoms with Gasteiger partial charge in [0.05, 0.1) is 12.7 Å². The first kappa shape index (κ1) is 21.8. The molecule has 9 heteroatoms. The van der Waals surface area contributed by atoms with Crippen LogP contribution in [-0.4, -0.2) is 92.0 Å². The number of epoxide rings is 1. The van der Waals surface area contributed by atoms with E-state index in [0.717, 1.165) is 0 Å². The molecule has 0 amide bonds. The third-order valence-electron chi connectivity index (χ3n) is 6.37. The first-order chi connectivity index (χ1) is 12.9. The fraction of sp³-hybridized carbons (Fsp3) is 0.842. The second-order valence-electron chi connectivity index (χ2n) is 8.80. The van der Waals surface area contributed by atoms with Gasteiger partial charge in [0.2, 0.25) is 0 Å². The van der Waals surface area contributed by atoms with Gasteiger partial charge in [-0.3, -0.25) is 4.79 Å². The van der Waals surface area contributed by atoms with Gasteiger partial charge in [-0.1, -0.05) is 13.8 Å². The van der Waals surface area contributed by atoms with E-state index in [2.05, 4.69) is 0 Å². The van der Waals surface area contributed by atoms with Crippen molar-refractivity contribution in [2.24, 2.45) is 5.41 Å². The largest absolute Gasteiger partial charge is 0.394 e. The Labute approximate surface area is 163 Å². The van der Waals surface area contributed by atoms with E-state index >= 15 is 0 Å². The highest BCUT2D eigenvalue weighted by molar-refractivity contribution is 5.87. The molecule has 0 aromatic heterocycles. The number of hydrogen-bond donors (Lipinski definition) is 5. The van der Waals surface area contributed by atoms with Crippen LogP contribution in [0.3, 0.4) is 0 Å². The number of fused-ring (bicyclic) bond motifs is 1. The van der Waals surface area contributed by atoms with E-state index in [-0.39, 0.29) is 5.78 Å². The molecule has 1 aliphatic carbocycles. The van der Waals surface area contributed by atoms with E-state index < -0.39 is 66.1 Å². The molecule has 0 bridgehead atoms. The van der Waals surface area contributed by atoms with Gasteiger partial charge < -0.3 is 39.7 Å². The third kappa shape index (κ3) is 3.14. The van der Waals surface area contributed by atoms with Crippen molar-refractivity contribution in [3.63, 3.8) is 0 Å². The average Bonchev–Trinajstić information content (AvgIpc) is 3.24. The van der Waals surface area contributed by atoms with E-state index in [1.807, 2.05) is 13.8 Å². The van der Waals surface area contributed by atoms with Gasteiger partial charge in [0, 0.05) is 5.41 Å². The summed E-state index contributed by atoms with van der Waals surface area (Å²) in [6.45, 7) is 6.45. The maximum absolute atomic E-state index is 11.5. The molecule has 5 N–H and O–H groups in total. The van der Waals surface area contributed by atoms with Crippen LogP contribution in [0.4, 0.5) is 0 Å². The zero-order valence-electron chi connectivity index (χ0n) is 16.5. The van der Waals surface area contributed by atoms with E-state index in [1.165, 1.54) is 13.0 Å². The highest BCUT2D eigenvalue weighted by Gasteiger charge is 2.79. The second-order valence-corrected chi connectivity index (χ2v) is 8.80. The summed E-state index contributed by atoms with van der Waals surface area (Å²) in [4.78, 5) is 11.5. The van der Waals surface area contributed by atoms with Crippen molar-refractivity contribution >= 4 is 5.78 Å².